The summed E-state index contributed by atoms with van der Waals surface area (Å²) < 4.78 is 21.9. The predicted molar refractivity (Wildman–Crippen MR) is 159 cm³/mol. The monoisotopic (exact) mass is 575 g/mol. The highest BCUT2D eigenvalue weighted by Gasteiger charge is 2.22. The SMILES string of the molecule is COc1c(NC(=O)c2ccc(C)c(-n3cc(C(=O)NCc4ccncc4)nn3)c2)cc(C(C)(C)C)cc1NS(C)=O. The zero-order valence-corrected chi connectivity index (χ0v) is 24.6. The van der Waals surface area contributed by atoms with E-state index >= 15 is 0 Å². The summed E-state index contributed by atoms with van der Waals surface area (Å²) in [5.41, 5.74) is 4.47. The number of benzene rings is 2. The molecule has 41 heavy (non-hydrogen) atoms. The smallest absolute Gasteiger partial charge is 0.273 e. The lowest BCUT2D eigenvalue weighted by Gasteiger charge is -2.24. The topological polar surface area (TPSA) is 140 Å². The van der Waals surface area contributed by atoms with E-state index in [2.05, 4.69) is 30.7 Å². The number of aromatic nitrogens is 4. The maximum absolute atomic E-state index is 13.4. The fourth-order valence-electron chi connectivity index (χ4n) is 4.06. The van der Waals surface area contributed by atoms with Gasteiger partial charge in [-0.15, -0.1) is 5.10 Å². The van der Waals surface area contributed by atoms with E-state index < -0.39 is 11.0 Å². The summed E-state index contributed by atoms with van der Waals surface area (Å²) in [6, 6.07) is 12.5. The summed E-state index contributed by atoms with van der Waals surface area (Å²) >= 11 is 0. The second kappa shape index (κ2) is 12.3. The van der Waals surface area contributed by atoms with Gasteiger partial charge in [0.2, 0.25) is 0 Å². The summed E-state index contributed by atoms with van der Waals surface area (Å²) in [4.78, 5) is 30.0. The van der Waals surface area contributed by atoms with Crippen molar-refractivity contribution in [1.29, 1.82) is 0 Å². The summed E-state index contributed by atoms with van der Waals surface area (Å²) in [6.07, 6.45) is 6.36. The van der Waals surface area contributed by atoms with E-state index in [4.69, 9.17) is 4.74 Å². The lowest BCUT2D eigenvalue weighted by molar-refractivity contribution is 0.0945. The number of nitrogens with zero attached hydrogens (tertiary/aromatic N) is 4. The van der Waals surface area contributed by atoms with Gasteiger partial charge >= 0.3 is 0 Å². The maximum atomic E-state index is 13.4. The Labute approximate surface area is 241 Å². The van der Waals surface area contributed by atoms with Crippen molar-refractivity contribution in [1.82, 2.24) is 25.3 Å². The molecule has 0 radical (unpaired) electrons. The highest BCUT2D eigenvalue weighted by molar-refractivity contribution is 7.85. The number of carbonyl (C=O) groups excluding carboxylic acids is 2. The summed E-state index contributed by atoms with van der Waals surface area (Å²) in [7, 11) is 0.142. The molecule has 0 bridgehead atoms. The highest BCUT2D eigenvalue weighted by atomic mass is 32.2. The number of ether oxygens (including phenoxy) is 1. The highest BCUT2D eigenvalue weighted by Crippen LogP contribution is 2.39. The average Bonchev–Trinajstić information content (AvgIpc) is 3.42. The van der Waals surface area contributed by atoms with E-state index in [0.717, 1.165) is 16.7 Å². The first kappa shape index (κ1) is 29.4. The number of anilines is 2. The molecule has 0 saturated carbocycles. The molecule has 2 amide bonds. The molecule has 0 spiro atoms. The van der Waals surface area contributed by atoms with Gasteiger partial charge < -0.3 is 20.1 Å². The number of aryl methyl sites for hydroxylation is 1. The Morgan fingerprint density at radius 1 is 1.02 bits per heavy atom. The van der Waals surface area contributed by atoms with Gasteiger partial charge in [0.15, 0.2) is 11.4 Å². The molecule has 2 aromatic heterocycles. The van der Waals surface area contributed by atoms with Crippen LogP contribution in [-0.2, 0) is 22.9 Å². The molecule has 214 valence electrons. The lowest BCUT2D eigenvalue weighted by atomic mass is 9.86. The summed E-state index contributed by atoms with van der Waals surface area (Å²) in [5.74, 6) is -0.384. The first-order valence-corrected chi connectivity index (χ1v) is 14.4. The second-order valence-electron chi connectivity index (χ2n) is 10.5. The van der Waals surface area contributed by atoms with Crippen LogP contribution in [-0.4, -0.2) is 49.4 Å². The van der Waals surface area contributed by atoms with E-state index in [1.54, 1.807) is 30.6 Å². The van der Waals surface area contributed by atoms with Gasteiger partial charge in [-0.25, -0.2) is 8.89 Å². The van der Waals surface area contributed by atoms with Crippen LogP contribution in [0.4, 0.5) is 11.4 Å². The van der Waals surface area contributed by atoms with Crippen molar-refractivity contribution in [2.24, 2.45) is 0 Å². The molecule has 2 aromatic carbocycles. The zero-order chi connectivity index (χ0) is 29.7. The van der Waals surface area contributed by atoms with Gasteiger partial charge in [0.25, 0.3) is 11.8 Å². The van der Waals surface area contributed by atoms with Gasteiger partial charge in [0.1, 0.15) is 11.0 Å². The number of methoxy groups -OCH3 is 1. The van der Waals surface area contributed by atoms with Gasteiger partial charge in [-0.1, -0.05) is 32.1 Å². The van der Waals surface area contributed by atoms with Crippen molar-refractivity contribution in [3.63, 3.8) is 0 Å². The van der Waals surface area contributed by atoms with Crippen LogP contribution in [0.3, 0.4) is 0 Å². The number of amides is 2. The zero-order valence-electron chi connectivity index (χ0n) is 23.8. The van der Waals surface area contributed by atoms with Crippen LogP contribution in [0.5, 0.6) is 5.75 Å². The van der Waals surface area contributed by atoms with Crippen molar-refractivity contribution in [3.8, 4) is 11.4 Å². The Hall–Kier alpha value is -4.58. The van der Waals surface area contributed by atoms with Crippen LogP contribution in [0.25, 0.3) is 5.69 Å². The van der Waals surface area contributed by atoms with Crippen LogP contribution in [0.2, 0.25) is 0 Å². The fraction of sp³-hybridized carbons (Fsp3) is 0.276. The molecule has 12 heteroatoms. The lowest BCUT2D eigenvalue weighted by Crippen LogP contribution is -2.23. The number of rotatable bonds is 9. The first-order chi connectivity index (χ1) is 19.5. The van der Waals surface area contributed by atoms with Gasteiger partial charge in [-0.3, -0.25) is 14.6 Å². The number of pyridine rings is 1. The Morgan fingerprint density at radius 3 is 2.39 bits per heavy atom. The van der Waals surface area contributed by atoms with Gasteiger partial charge in [-0.2, -0.15) is 0 Å². The molecule has 0 aliphatic carbocycles. The Kier molecular flexibility index (Phi) is 8.82. The van der Waals surface area contributed by atoms with E-state index in [-0.39, 0.29) is 22.9 Å². The molecule has 2 heterocycles. The maximum Gasteiger partial charge on any atom is 0.273 e. The van der Waals surface area contributed by atoms with Crippen molar-refractivity contribution in [2.45, 2.75) is 39.7 Å². The fourth-order valence-corrected chi connectivity index (χ4v) is 4.52. The number of carbonyl (C=O) groups is 2. The number of hydrogen-bond donors (Lipinski definition) is 3. The van der Waals surface area contributed by atoms with Gasteiger partial charge in [-0.05, 0) is 65.4 Å². The summed E-state index contributed by atoms with van der Waals surface area (Å²) in [6.45, 7) is 8.34. The normalized spacial score (nSPS) is 12.0. The molecular weight excluding hydrogens is 542 g/mol. The van der Waals surface area contributed by atoms with Crippen molar-refractivity contribution in [2.75, 3.05) is 23.4 Å². The van der Waals surface area contributed by atoms with Crippen molar-refractivity contribution >= 4 is 34.2 Å². The third kappa shape index (κ3) is 7.14. The minimum Gasteiger partial charge on any atom is -0.492 e. The van der Waals surface area contributed by atoms with Gasteiger partial charge in [0, 0.05) is 30.8 Å². The minimum atomic E-state index is -1.35. The Balaban J connectivity index is 1.59. The molecule has 0 fully saturated rings. The Bertz CT molecular complexity index is 1600. The van der Waals surface area contributed by atoms with E-state index in [1.807, 2.05) is 52.0 Å². The second-order valence-corrected chi connectivity index (χ2v) is 11.6. The molecule has 0 saturated heterocycles. The van der Waals surface area contributed by atoms with Crippen LogP contribution < -0.4 is 20.1 Å². The van der Waals surface area contributed by atoms with E-state index in [9.17, 15) is 13.8 Å². The molecule has 1 unspecified atom stereocenters. The quantitative estimate of drug-likeness (QED) is 0.272. The number of hydrogen-bond acceptors (Lipinski definition) is 7. The minimum absolute atomic E-state index is 0.144. The van der Waals surface area contributed by atoms with E-state index in [0.29, 0.717) is 34.9 Å². The molecular formula is C29H33N7O4S. The summed E-state index contributed by atoms with van der Waals surface area (Å²) in [5, 5.41) is 13.9. The molecule has 0 aliphatic heterocycles. The van der Waals surface area contributed by atoms with Crippen LogP contribution in [0, 0.1) is 6.92 Å². The number of nitrogens with one attached hydrogen (secondary N) is 3. The molecule has 3 N–H and O–H groups in total. The molecule has 11 nitrogen and oxygen atoms in total. The third-order valence-electron chi connectivity index (χ3n) is 6.31. The predicted octanol–water partition coefficient (Wildman–Crippen LogP) is 4.16. The van der Waals surface area contributed by atoms with Crippen molar-refractivity contribution in [3.05, 3.63) is 89.0 Å². The molecule has 0 aliphatic rings. The van der Waals surface area contributed by atoms with Crippen LogP contribution >= 0.6 is 0 Å². The van der Waals surface area contributed by atoms with Crippen molar-refractivity contribution < 1.29 is 18.5 Å². The first-order valence-electron chi connectivity index (χ1n) is 12.8. The third-order valence-corrected chi connectivity index (χ3v) is 6.81. The molecule has 1 atom stereocenters. The largest absolute Gasteiger partial charge is 0.492 e. The van der Waals surface area contributed by atoms with Gasteiger partial charge in [0.05, 0.1) is 30.4 Å². The van der Waals surface area contributed by atoms with Crippen LogP contribution in [0.15, 0.2) is 61.1 Å². The standard InChI is InChI=1S/C29H33N7O4S/c1-18-7-8-20(13-25(18)36-17-24(33-35-36)28(38)31-16-19-9-11-30-12-10-19)27(37)32-22-14-21(29(2,3)4)15-23(26(22)40-5)34-41(6)39/h7-15,17,34H,16H2,1-6H3,(H,31,38)(H,32,37). The molecule has 4 rings (SSSR count). The molecule has 4 aromatic rings. The Morgan fingerprint density at radius 2 is 1.73 bits per heavy atom. The van der Waals surface area contributed by atoms with E-state index in [1.165, 1.54) is 24.2 Å². The van der Waals surface area contributed by atoms with Crippen LogP contribution in [0.1, 0.15) is 58.3 Å². The average molecular weight is 576 g/mol.